The largest absolute Gasteiger partial charge is 0.439 e. The third-order valence-electron chi connectivity index (χ3n) is 5.10. The lowest BCUT2D eigenvalue weighted by molar-refractivity contribution is 0.0998. The Labute approximate surface area is 144 Å². The summed E-state index contributed by atoms with van der Waals surface area (Å²) in [6.07, 6.45) is 6.42. The molecule has 2 aliphatic heterocycles. The fraction of sp³-hybridized carbons (Fsp3) is 0.611. The van der Waals surface area contributed by atoms with Crippen molar-refractivity contribution in [1.29, 1.82) is 0 Å². The van der Waals surface area contributed by atoms with Crippen LogP contribution in [-0.2, 0) is 0 Å². The molecular formula is C18H26ClN3O. The predicted molar refractivity (Wildman–Crippen MR) is 95.0 cm³/mol. The van der Waals surface area contributed by atoms with Crippen molar-refractivity contribution in [3.05, 3.63) is 30.2 Å². The number of likely N-dealkylation sites (tertiary alicyclic amines) is 1. The summed E-state index contributed by atoms with van der Waals surface area (Å²) in [5.41, 5.74) is 1.91. The van der Waals surface area contributed by atoms with Crippen LogP contribution in [0.4, 0.5) is 0 Å². The molecule has 0 aliphatic carbocycles. The van der Waals surface area contributed by atoms with E-state index in [2.05, 4.69) is 10.2 Å². The molecule has 2 saturated heterocycles. The molecule has 2 aliphatic rings. The summed E-state index contributed by atoms with van der Waals surface area (Å²) in [5.74, 6) is 1.70. The van der Waals surface area contributed by atoms with Gasteiger partial charge in [0.25, 0.3) is 0 Å². The fourth-order valence-corrected chi connectivity index (χ4v) is 3.93. The normalized spacial score (nSPS) is 26.1. The third kappa shape index (κ3) is 3.70. The zero-order valence-corrected chi connectivity index (χ0v) is 14.4. The highest BCUT2D eigenvalue weighted by atomic mass is 35.5. The van der Waals surface area contributed by atoms with E-state index in [1.807, 2.05) is 24.3 Å². The number of benzene rings is 1. The van der Waals surface area contributed by atoms with Crippen molar-refractivity contribution >= 4 is 23.5 Å². The molecule has 5 heteroatoms. The molecule has 2 atom stereocenters. The third-order valence-corrected chi connectivity index (χ3v) is 5.10. The average molecular weight is 336 g/mol. The van der Waals surface area contributed by atoms with Crippen LogP contribution in [0.25, 0.3) is 11.1 Å². The van der Waals surface area contributed by atoms with Crippen LogP contribution in [0.15, 0.2) is 28.7 Å². The van der Waals surface area contributed by atoms with Gasteiger partial charge >= 0.3 is 0 Å². The second kappa shape index (κ2) is 7.65. The summed E-state index contributed by atoms with van der Waals surface area (Å²) in [4.78, 5) is 7.37. The Morgan fingerprint density at radius 1 is 1.17 bits per heavy atom. The smallest absolute Gasteiger partial charge is 0.212 e. The monoisotopic (exact) mass is 335 g/mol. The van der Waals surface area contributed by atoms with Gasteiger partial charge in [0.1, 0.15) is 5.52 Å². The van der Waals surface area contributed by atoms with Gasteiger partial charge in [0.2, 0.25) is 5.89 Å². The lowest BCUT2D eigenvalue weighted by atomic mass is 9.95. The first kappa shape index (κ1) is 16.7. The minimum absolute atomic E-state index is 0. The molecule has 126 valence electrons. The van der Waals surface area contributed by atoms with Crippen LogP contribution in [0.1, 0.15) is 44.0 Å². The van der Waals surface area contributed by atoms with E-state index in [4.69, 9.17) is 9.40 Å². The molecule has 1 aromatic heterocycles. The zero-order valence-electron chi connectivity index (χ0n) is 13.5. The molecule has 3 heterocycles. The molecule has 1 N–H and O–H groups in total. The highest BCUT2D eigenvalue weighted by Crippen LogP contribution is 2.33. The van der Waals surface area contributed by atoms with E-state index in [1.54, 1.807) is 0 Å². The van der Waals surface area contributed by atoms with Gasteiger partial charge in [-0.2, -0.15) is 0 Å². The highest BCUT2D eigenvalue weighted by Gasteiger charge is 2.30. The van der Waals surface area contributed by atoms with Gasteiger partial charge in [-0.05, 0) is 63.4 Å². The number of hydrogen-bond donors (Lipinski definition) is 1. The van der Waals surface area contributed by atoms with E-state index >= 15 is 0 Å². The van der Waals surface area contributed by atoms with Crippen LogP contribution < -0.4 is 5.32 Å². The molecule has 0 amide bonds. The van der Waals surface area contributed by atoms with Crippen LogP contribution in [0, 0.1) is 5.92 Å². The molecule has 2 aromatic rings. The lowest BCUT2D eigenvalue weighted by Gasteiger charge is -2.37. The molecule has 4 nitrogen and oxygen atoms in total. The van der Waals surface area contributed by atoms with E-state index in [0.29, 0.717) is 6.04 Å². The summed E-state index contributed by atoms with van der Waals surface area (Å²) < 4.78 is 6.06. The summed E-state index contributed by atoms with van der Waals surface area (Å²) in [6.45, 7) is 4.71. The molecule has 4 rings (SSSR count). The summed E-state index contributed by atoms with van der Waals surface area (Å²) in [6, 6.07) is 8.47. The van der Waals surface area contributed by atoms with Crippen LogP contribution in [0.3, 0.4) is 0 Å². The maximum atomic E-state index is 6.06. The maximum absolute atomic E-state index is 6.06. The van der Waals surface area contributed by atoms with Crippen molar-refractivity contribution in [3.63, 3.8) is 0 Å². The van der Waals surface area contributed by atoms with Gasteiger partial charge < -0.3 is 9.73 Å². The quantitative estimate of drug-likeness (QED) is 0.927. The van der Waals surface area contributed by atoms with Crippen LogP contribution in [-0.4, -0.2) is 36.1 Å². The minimum atomic E-state index is 0. The number of oxazole rings is 1. The molecule has 0 saturated carbocycles. The number of rotatable bonds is 3. The van der Waals surface area contributed by atoms with Crippen LogP contribution >= 0.6 is 12.4 Å². The van der Waals surface area contributed by atoms with Crippen LogP contribution in [0.5, 0.6) is 0 Å². The topological polar surface area (TPSA) is 41.3 Å². The Bertz CT molecular complexity index is 591. The molecule has 2 unspecified atom stereocenters. The summed E-state index contributed by atoms with van der Waals surface area (Å²) in [7, 11) is 0. The standard InChI is InChI=1S/C18H25N3O.ClH/c1-2-9-17-15(7-1)20-18(22-17)16-8-3-4-11-21(16)13-14-6-5-10-19-12-14;/h1-2,7,9,14,16,19H,3-6,8,10-13H2;1H. The van der Waals surface area contributed by atoms with E-state index < -0.39 is 0 Å². The van der Waals surface area contributed by atoms with Gasteiger partial charge in [-0.15, -0.1) is 12.4 Å². The predicted octanol–water partition coefficient (Wildman–Crippen LogP) is 3.78. The first-order valence-electron chi connectivity index (χ1n) is 8.70. The van der Waals surface area contributed by atoms with Gasteiger partial charge in [0.15, 0.2) is 5.58 Å². The summed E-state index contributed by atoms with van der Waals surface area (Å²) >= 11 is 0. The molecular weight excluding hydrogens is 310 g/mol. The SMILES string of the molecule is Cl.c1ccc2oc(C3CCCCN3CC3CCCNC3)nc2c1. The van der Waals surface area contributed by atoms with Gasteiger partial charge in [0, 0.05) is 6.54 Å². The van der Waals surface area contributed by atoms with Gasteiger partial charge in [0.05, 0.1) is 6.04 Å². The Morgan fingerprint density at radius 3 is 2.91 bits per heavy atom. The van der Waals surface area contributed by atoms with Gasteiger partial charge in [-0.25, -0.2) is 4.98 Å². The second-order valence-corrected chi connectivity index (χ2v) is 6.74. The van der Waals surface area contributed by atoms with E-state index in [9.17, 15) is 0 Å². The fourth-order valence-electron chi connectivity index (χ4n) is 3.93. The Balaban J connectivity index is 0.00000156. The van der Waals surface area contributed by atoms with E-state index in [0.717, 1.165) is 29.5 Å². The molecule has 1 aromatic carbocycles. The average Bonchev–Trinajstić information content (AvgIpc) is 3.00. The number of halogens is 1. The molecule has 0 radical (unpaired) electrons. The van der Waals surface area contributed by atoms with Crippen molar-refractivity contribution < 1.29 is 4.42 Å². The molecule has 0 bridgehead atoms. The second-order valence-electron chi connectivity index (χ2n) is 6.74. The zero-order chi connectivity index (χ0) is 14.8. The van der Waals surface area contributed by atoms with Crippen molar-refractivity contribution in [2.45, 2.75) is 38.1 Å². The highest BCUT2D eigenvalue weighted by molar-refractivity contribution is 5.85. The van der Waals surface area contributed by atoms with Crippen molar-refractivity contribution in [2.24, 2.45) is 5.92 Å². The number of aromatic nitrogens is 1. The maximum Gasteiger partial charge on any atom is 0.212 e. The van der Waals surface area contributed by atoms with E-state index in [1.165, 1.54) is 51.7 Å². The number of nitrogens with zero attached hydrogens (tertiary/aromatic N) is 2. The number of fused-ring (bicyclic) bond motifs is 1. The molecule has 23 heavy (non-hydrogen) atoms. The number of para-hydroxylation sites is 2. The number of hydrogen-bond acceptors (Lipinski definition) is 4. The Kier molecular flexibility index (Phi) is 5.57. The minimum Gasteiger partial charge on any atom is -0.439 e. The summed E-state index contributed by atoms with van der Waals surface area (Å²) in [5, 5.41) is 3.53. The van der Waals surface area contributed by atoms with Crippen molar-refractivity contribution in [3.8, 4) is 0 Å². The first-order chi connectivity index (χ1) is 10.9. The molecule has 0 spiro atoms. The number of piperidine rings is 2. The lowest BCUT2D eigenvalue weighted by Crippen LogP contribution is -2.41. The van der Waals surface area contributed by atoms with Crippen LogP contribution in [0.2, 0.25) is 0 Å². The van der Waals surface area contributed by atoms with Gasteiger partial charge in [-0.3, -0.25) is 4.90 Å². The first-order valence-corrected chi connectivity index (χ1v) is 8.70. The Morgan fingerprint density at radius 2 is 2.09 bits per heavy atom. The van der Waals surface area contributed by atoms with E-state index in [-0.39, 0.29) is 12.4 Å². The number of nitrogens with one attached hydrogen (secondary N) is 1. The van der Waals surface area contributed by atoms with Gasteiger partial charge in [-0.1, -0.05) is 18.6 Å². The van der Waals surface area contributed by atoms with Crippen molar-refractivity contribution in [1.82, 2.24) is 15.2 Å². The van der Waals surface area contributed by atoms with Crippen molar-refractivity contribution in [2.75, 3.05) is 26.2 Å². The Hall–Kier alpha value is -1.10. The molecule has 2 fully saturated rings.